The molecule has 1 aromatic heterocycles. The lowest BCUT2D eigenvalue weighted by molar-refractivity contribution is -0.142. The Labute approximate surface area is 148 Å². The largest absolute Gasteiger partial charge is 0.480 e. The predicted molar refractivity (Wildman–Crippen MR) is 95.6 cm³/mol. The standard InChI is InChI=1S/C16H20N4O4S/c1-10(15(23)24)20(8-7-17-11(2)21)9-14(22)19-16-18-12-5-3-4-6-13(12)25-16/h3-6,10H,7-9H2,1-2H3,(H,17,21)(H,23,24)(H,18,19,22). The van der Waals surface area contributed by atoms with E-state index in [0.717, 1.165) is 10.2 Å². The lowest BCUT2D eigenvalue weighted by atomic mass is 10.2. The molecule has 0 saturated carbocycles. The Hall–Kier alpha value is -2.52. The molecule has 0 fully saturated rings. The summed E-state index contributed by atoms with van der Waals surface area (Å²) in [4.78, 5) is 40.2. The summed E-state index contributed by atoms with van der Waals surface area (Å²) in [6.45, 7) is 3.29. The lowest BCUT2D eigenvalue weighted by Crippen LogP contribution is -2.46. The molecule has 9 heteroatoms. The van der Waals surface area contributed by atoms with Crippen molar-refractivity contribution >= 4 is 44.5 Å². The Bertz CT molecular complexity index is 743. The molecule has 3 N–H and O–H groups in total. The van der Waals surface area contributed by atoms with E-state index >= 15 is 0 Å². The molecule has 1 unspecified atom stereocenters. The van der Waals surface area contributed by atoms with Gasteiger partial charge in [0, 0.05) is 20.0 Å². The third kappa shape index (κ3) is 5.50. The number of benzene rings is 1. The molecule has 0 aliphatic carbocycles. The topological polar surface area (TPSA) is 112 Å². The second-order valence-corrected chi connectivity index (χ2v) is 6.53. The van der Waals surface area contributed by atoms with Gasteiger partial charge in [-0.15, -0.1) is 0 Å². The fraction of sp³-hybridized carbons (Fsp3) is 0.375. The summed E-state index contributed by atoms with van der Waals surface area (Å²) in [5.41, 5.74) is 0.796. The predicted octanol–water partition coefficient (Wildman–Crippen LogP) is 1.15. The molecular formula is C16H20N4O4S. The van der Waals surface area contributed by atoms with Crippen LogP contribution in [0.25, 0.3) is 10.2 Å². The molecule has 2 aromatic rings. The van der Waals surface area contributed by atoms with E-state index in [1.807, 2.05) is 24.3 Å². The van der Waals surface area contributed by atoms with Crippen molar-refractivity contribution in [2.75, 3.05) is 25.0 Å². The maximum absolute atomic E-state index is 12.3. The van der Waals surface area contributed by atoms with Crippen LogP contribution in [-0.2, 0) is 14.4 Å². The van der Waals surface area contributed by atoms with E-state index in [2.05, 4.69) is 15.6 Å². The van der Waals surface area contributed by atoms with Crippen LogP contribution in [0.3, 0.4) is 0 Å². The van der Waals surface area contributed by atoms with Crippen molar-refractivity contribution in [2.24, 2.45) is 0 Å². The number of carboxylic acid groups (broad SMARTS) is 1. The van der Waals surface area contributed by atoms with Gasteiger partial charge in [-0.25, -0.2) is 4.98 Å². The molecule has 134 valence electrons. The van der Waals surface area contributed by atoms with E-state index in [-0.39, 0.29) is 31.4 Å². The number of carboxylic acids is 1. The number of nitrogens with one attached hydrogen (secondary N) is 2. The second-order valence-electron chi connectivity index (χ2n) is 5.50. The SMILES string of the molecule is CC(=O)NCCN(CC(=O)Nc1nc2ccccc2s1)C(C)C(=O)O. The molecule has 1 atom stereocenters. The van der Waals surface area contributed by atoms with Gasteiger partial charge in [0.15, 0.2) is 5.13 Å². The number of anilines is 1. The first-order valence-electron chi connectivity index (χ1n) is 7.73. The Balaban J connectivity index is 1.99. The van der Waals surface area contributed by atoms with Gasteiger partial charge >= 0.3 is 5.97 Å². The van der Waals surface area contributed by atoms with Crippen LogP contribution in [0.2, 0.25) is 0 Å². The van der Waals surface area contributed by atoms with E-state index in [1.165, 1.54) is 30.1 Å². The van der Waals surface area contributed by atoms with Gasteiger partial charge in [0.05, 0.1) is 16.8 Å². The summed E-state index contributed by atoms with van der Waals surface area (Å²) in [6, 6.07) is 6.67. The number of aliphatic carboxylic acids is 1. The van der Waals surface area contributed by atoms with Crippen LogP contribution in [0, 0.1) is 0 Å². The number of hydrogen-bond acceptors (Lipinski definition) is 6. The maximum atomic E-state index is 12.3. The van der Waals surface area contributed by atoms with E-state index in [0.29, 0.717) is 5.13 Å². The highest BCUT2D eigenvalue weighted by Crippen LogP contribution is 2.25. The second kappa shape index (κ2) is 8.54. The van der Waals surface area contributed by atoms with Crippen molar-refractivity contribution in [1.82, 2.24) is 15.2 Å². The minimum atomic E-state index is -1.03. The van der Waals surface area contributed by atoms with Crippen LogP contribution >= 0.6 is 11.3 Å². The zero-order chi connectivity index (χ0) is 18.4. The first-order valence-corrected chi connectivity index (χ1v) is 8.55. The Kier molecular flexibility index (Phi) is 6.43. The highest BCUT2D eigenvalue weighted by Gasteiger charge is 2.23. The number of carbonyl (C=O) groups is 3. The van der Waals surface area contributed by atoms with Crippen molar-refractivity contribution < 1.29 is 19.5 Å². The van der Waals surface area contributed by atoms with Gasteiger partial charge in [-0.1, -0.05) is 23.5 Å². The molecule has 1 heterocycles. The molecule has 2 rings (SSSR count). The van der Waals surface area contributed by atoms with Crippen molar-refractivity contribution in [2.45, 2.75) is 19.9 Å². The lowest BCUT2D eigenvalue weighted by Gasteiger charge is -2.25. The van der Waals surface area contributed by atoms with E-state index < -0.39 is 12.0 Å². The number of nitrogens with zero attached hydrogens (tertiary/aromatic N) is 2. The van der Waals surface area contributed by atoms with Gasteiger partial charge in [-0.05, 0) is 19.1 Å². The van der Waals surface area contributed by atoms with Crippen molar-refractivity contribution in [3.8, 4) is 0 Å². The molecule has 0 aliphatic rings. The summed E-state index contributed by atoms with van der Waals surface area (Å²) in [5, 5.41) is 15.0. The third-order valence-electron chi connectivity index (χ3n) is 3.57. The van der Waals surface area contributed by atoms with Gasteiger partial charge in [-0.2, -0.15) is 0 Å². The van der Waals surface area contributed by atoms with E-state index in [1.54, 1.807) is 0 Å². The van der Waals surface area contributed by atoms with Crippen LogP contribution in [0.5, 0.6) is 0 Å². The number of aromatic nitrogens is 1. The first kappa shape index (κ1) is 18.8. The van der Waals surface area contributed by atoms with Crippen LogP contribution in [-0.4, -0.2) is 58.5 Å². The molecule has 1 aromatic carbocycles. The molecular weight excluding hydrogens is 344 g/mol. The van der Waals surface area contributed by atoms with Crippen LogP contribution in [0.1, 0.15) is 13.8 Å². The zero-order valence-corrected chi connectivity index (χ0v) is 14.8. The fourth-order valence-electron chi connectivity index (χ4n) is 2.21. The van der Waals surface area contributed by atoms with Gasteiger partial charge in [0.2, 0.25) is 11.8 Å². The van der Waals surface area contributed by atoms with Crippen molar-refractivity contribution in [3.05, 3.63) is 24.3 Å². The summed E-state index contributed by atoms with van der Waals surface area (Å²) in [6.07, 6.45) is 0. The average Bonchev–Trinajstić information content (AvgIpc) is 2.94. The Morgan fingerprint density at radius 2 is 2.04 bits per heavy atom. The highest BCUT2D eigenvalue weighted by molar-refractivity contribution is 7.22. The number of fused-ring (bicyclic) bond motifs is 1. The number of amides is 2. The van der Waals surface area contributed by atoms with Gasteiger partial charge < -0.3 is 15.7 Å². The summed E-state index contributed by atoms with van der Waals surface area (Å²) in [5.74, 6) is -1.59. The van der Waals surface area contributed by atoms with Crippen LogP contribution < -0.4 is 10.6 Å². The van der Waals surface area contributed by atoms with E-state index in [4.69, 9.17) is 0 Å². The molecule has 0 saturated heterocycles. The minimum absolute atomic E-state index is 0.108. The normalized spacial score (nSPS) is 12.1. The molecule has 0 spiro atoms. The quantitative estimate of drug-likeness (QED) is 0.648. The smallest absolute Gasteiger partial charge is 0.320 e. The van der Waals surface area contributed by atoms with Crippen molar-refractivity contribution in [3.63, 3.8) is 0 Å². The third-order valence-corrected chi connectivity index (χ3v) is 4.52. The van der Waals surface area contributed by atoms with Crippen LogP contribution in [0.15, 0.2) is 24.3 Å². The summed E-state index contributed by atoms with van der Waals surface area (Å²) < 4.78 is 0.958. The molecule has 2 amide bonds. The van der Waals surface area contributed by atoms with Gasteiger partial charge in [-0.3, -0.25) is 19.3 Å². The number of para-hydroxylation sites is 1. The monoisotopic (exact) mass is 364 g/mol. The zero-order valence-electron chi connectivity index (χ0n) is 14.0. The molecule has 8 nitrogen and oxygen atoms in total. The van der Waals surface area contributed by atoms with Crippen LogP contribution in [0.4, 0.5) is 5.13 Å². The molecule has 0 bridgehead atoms. The fourth-order valence-corrected chi connectivity index (χ4v) is 3.09. The maximum Gasteiger partial charge on any atom is 0.320 e. The molecule has 0 aliphatic heterocycles. The Morgan fingerprint density at radius 3 is 2.68 bits per heavy atom. The molecule has 0 radical (unpaired) electrons. The number of carbonyl (C=O) groups excluding carboxylic acids is 2. The average molecular weight is 364 g/mol. The van der Waals surface area contributed by atoms with Gasteiger partial charge in [0.1, 0.15) is 6.04 Å². The van der Waals surface area contributed by atoms with E-state index in [9.17, 15) is 19.5 Å². The first-order chi connectivity index (χ1) is 11.9. The van der Waals surface area contributed by atoms with Crippen molar-refractivity contribution in [1.29, 1.82) is 0 Å². The highest BCUT2D eigenvalue weighted by atomic mass is 32.1. The number of rotatable bonds is 8. The van der Waals surface area contributed by atoms with Gasteiger partial charge in [0.25, 0.3) is 0 Å². The summed E-state index contributed by atoms with van der Waals surface area (Å²) in [7, 11) is 0. The number of thiazole rings is 1. The number of hydrogen-bond donors (Lipinski definition) is 3. The Morgan fingerprint density at radius 1 is 1.32 bits per heavy atom. The molecule has 25 heavy (non-hydrogen) atoms. The minimum Gasteiger partial charge on any atom is -0.480 e. The summed E-state index contributed by atoms with van der Waals surface area (Å²) >= 11 is 1.35.